The Balaban J connectivity index is 1.79. The largest absolute Gasteiger partial charge is 0.484 e. The third-order valence-corrected chi connectivity index (χ3v) is 4.91. The maximum Gasteiger partial charge on any atom is 0.174 e. The van der Waals surface area contributed by atoms with Crippen LogP contribution in [0.25, 0.3) is 0 Å². The van der Waals surface area contributed by atoms with Crippen molar-refractivity contribution in [2.24, 2.45) is 0 Å². The summed E-state index contributed by atoms with van der Waals surface area (Å²) < 4.78 is 20.3. The Morgan fingerprint density at radius 3 is 2.70 bits per heavy atom. The summed E-state index contributed by atoms with van der Waals surface area (Å²) in [4.78, 5) is 0. The molecule has 2 nitrogen and oxygen atoms in total. The number of rotatable bonds is 4. The molecular weight excluding hydrogens is 381 g/mol. The topological polar surface area (TPSA) is 21.3 Å². The maximum atomic E-state index is 14.0. The van der Waals surface area contributed by atoms with Gasteiger partial charge in [0.2, 0.25) is 0 Å². The Kier molecular flexibility index (Phi) is 5.57. The molecule has 0 aliphatic carbocycles. The van der Waals surface area contributed by atoms with E-state index in [2.05, 4.69) is 27.3 Å². The molecule has 2 aromatic rings. The number of ether oxygens (including phenoxy) is 1. The second-order valence-corrected chi connectivity index (χ2v) is 7.03. The minimum atomic E-state index is -0.455. The lowest BCUT2D eigenvalue weighted by molar-refractivity contribution is 0.287. The molecule has 1 aliphatic heterocycles. The summed E-state index contributed by atoms with van der Waals surface area (Å²) in [6, 6.07) is 11.2. The van der Waals surface area contributed by atoms with Crippen molar-refractivity contribution in [3.63, 3.8) is 0 Å². The van der Waals surface area contributed by atoms with Gasteiger partial charge in [0.1, 0.15) is 6.61 Å². The highest BCUT2D eigenvalue weighted by atomic mass is 79.9. The molecule has 0 saturated carbocycles. The molecule has 0 bridgehead atoms. The van der Waals surface area contributed by atoms with Gasteiger partial charge < -0.3 is 10.1 Å². The van der Waals surface area contributed by atoms with Crippen LogP contribution in [0.3, 0.4) is 0 Å². The number of nitrogens with one attached hydrogen (secondary N) is 1. The van der Waals surface area contributed by atoms with Gasteiger partial charge >= 0.3 is 0 Å². The van der Waals surface area contributed by atoms with Gasteiger partial charge in [-0.1, -0.05) is 51.8 Å². The molecule has 1 N–H and O–H groups in total. The Morgan fingerprint density at radius 2 is 1.96 bits per heavy atom. The first-order valence-corrected chi connectivity index (χ1v) is 8.88. The van der Waals surface area contributed by atoms with Crippen molar-refractivity contribution in [1.82, 2.24) is 5.32 Å². The Bertz CT molecular complexity index is 665. The van der Waals surface area contributed by atoms with Crippen molar-refractivity contribution in [1.29, 1.82) is 0 Å². The second-order valence-electron chi connectivity index (χ2n) is 5.71. The van der Waals surface area contributed by atoms with Crippen LogP contribution >= 0.6 is 27.5 Å². The number of hydrogen-bond acceptors (Lipinski definition) is 2. The van der Waals surface area contributed by atoms with Crippen LogP contribution in [0.4, 0.5) is 4.39 Å². The average molecular weight is 399 g/mol. The molecule has 1 aliphatic rings. The zero-order valence-electron chi connectivity index (χ0n) is 12.6. The van der Waals surface area contributed by atoms with E-state index in [0.29, 0.717) is 17.0 Å². The lowest BCUT2D eigenvalue weighted by Crippen LogP contribution is -2.27. The van der Waals surface area contributed by atoms with E-state index in [1.807, 2.05) is 18.2 Å². The molecule has 0 amide bonds. The Hall–Kier alpha value is -1.10. The molecule has 0 radical (unpaired) electrons. The number of benzene rings is 2. The van der Waals surface area contributed by atoms with E-state index in [1.165, 1.54) is 11.6 Å². The van der Waals surface area contributed by atoms with Crippen molar-refractivity contribution < 1.29 is 9.13 Å². The minimum Gasteiger partial charge on any atom is -0.484 e. The predicted molar refractivity (Wildman–Crippen MR) is 94.7 cm³/mol. The molecule has 23 heavy (non-hydrogen) atoms. The van der Waals surface area contributed by atoms with Gasteiger partial charge in [0.15, 0.2) is 11.6 Å². The maximum absolute atomic E-state index is 14.0. The molecule has 1 fully saturated rings. The highest BCUT2D eigenvalue weighted by molar-refractivity contribution is 9.10. The summed E-state index contributed by atoms with van der Waals surface area (Å²) in [7, 11) is 0. The first kappa shape index (κ1) is 16.7. The fraction of sp³-hybridized carbons (Fsp3) is 0.333. The average Bonchev–Trinajstić information content (AvgIpc) is 2.55. The molecule has 0 unspecified atom stereocenters. The van der Waals surface area contributed by atoms with Crippen LogP contribution < -0.4 is 10.1 Å². The van der Waals surface area contributed by atoms with Crippen molar-refractivity contribution in [2.45, 2.75) is 25.4 Å². The smallest absolute Gasteiger partial charge is 0.174 e. The van der Waals surface area contributed by atoms with Crippen LogP contribution in [0.1, 0.15) is 29.9 Å². The van der Waals surface area contributed by atoms with E-state index in [0.717, 1.165) is 31.5 Å². The first-order chi connectivity index (χ1) is 11.1. The fourth-order valence-corrected chi connectivity index (χ4v) is 3.84. The van der Waals surface area contributed by atoms with Crippen LogP contribution in [0.2, 0.25) is 5.02 Å². The van der Waals surface area contributed by atoms with Crippen molar-refractivity contribution in [2.75, 3.05) is 13.1 Å². The van der Waals surface area contributed by atoms with Crippen molar-refractivity contribution >= 4 is 27.5 Å². The molecule has 0 spiro atoms. The van der Waals surface area contributed by atoms with Crippen LogP contribution in [0, 0.1) is 5.82 Å². The zero-order valence-corrected chi connectivity index (χ0v) is 15.0. The van der Waals surface area contributed by atoms with Crippen LogP contribution in [-0.2, 0) is 6.61 Å². The van der Waals surface area contributed by atoms with Gasteiger partial charge in [-0.25, -0.2) is 4.39 Å². The van der Waals surface area contributed by atoms with Crippen LogP contribution in [0.15, 0.2) is 40.9 Å². The Morgan fingerprint density at radius 1 is 1.22 bits per heavy atom. The molecule has 2 aromatic carbocycles. The van der Waals surface area contributed by atoms with Gasteiger partial charge in [0.25, 0.3) is 0 Å². The third kappa shape index (κ3) is 4.06. The normalized spacial score (nSPS) is 15.6. The van der Waals surface area contributed by atoms with Crippen molar-refractivity contribution in [3.8, 4) is 5.75 Å². The second kappa shape index (κ2) is 7.65. The number of piperidine rings is 1. The number of hydrogen-bond donors (Lipinski definition) is 1. The molecule has 1 heterocycles. The minimum absolute atomic E-state index is 0.106. The van der Waals surface area contributed by atoms with Crippen molar-refractivity contribution in [3.05, 3.63) is 62.8 Å². The van der Waals surface area contributed by atoms with Gasteiger partial charge in [0.05, 0.1) is 5.02 Å². The van der Waals surface area contributed by atoms with Gasteiger partial charge in [-0.2, -0.15) is 0 Å². The van der Waals surface area contributed by atoms with E-state index >= 15 is 0 Å². The van der Waals surface area contributed by atoms with E-state index in [4.69, 9.17) is 16.3 Å². The van der Waals surface area contributed by atoms with Gasteiger partial charge in [-0.05, 0) is 55.1 Å². The highest BCUT2D eigenvalue weighted by Crippen LogP contribution is 2.33. The van der Waals surface area contributed by atoms with Gasteiger partial charge in [-0.3, -0.25) is 0 Å². The Labute approximate surface area is 149 Å². The standard InChI is InChI=1S/C18H18BrClFNO/c19-14-9-16(20)18(17(21)10-14)23-11-13-3-1-2-4-15(13)12-5-7-22-8-6-12/h1-4,9-10,12,22H,5-8,11H2. The first-order valence-electron chi connectivity index (χ1n) is 7.71. The van der Waals surface area contributed by atoms with E-state index in [1.54, 1.807) is 6.07 Å². The molecule has 3 rings (SSSR count). The molecule has 1 saturated heterocycles. The van der Waals surface area contributed by atoms with E-state index in [9.17, 15) is 4.39 Å². The van der Waals surface area contributed by atoms with Crippen LogP contribution in [-0.4, -0.2) is 13.1 Å². The third-order valence-electron chi connectivity index (χ3n) is 4.17. The summed E-state index contributed by atoms with van der Waals surface area (Å²) in [5, 5.41) is 3.65. The van der Waals surface area contributed by atoms with Gasteiger partial charge in [-0.15, -0.1) is 0 Å². The molecular formula is C18H18BrClFNO. The lowest BCUT2D eigenvalue weighted by atomic mass is 9.87. The van der Waals surface area contributed by atoms with Gasteiger partial charge in [0, 0.05) is 4.47 Å². The lowest BCUT2D eigenvalue weighted by Gasteiger charge is -2.25. The predicted octanol–water partition coefficient (Wildman–Crippen LogP) is 5.29. The summed E-state index contributed by atoms with van der Waals surface area (Å²) >= 11 is 9.31. The number of halogens is 3. The fourth-order valence-electron chi connectivity index (χ4n) is 3.01. The zero-order chi connectivity index (χ0) is 16.2. The SMILES string of the molecule is Fc1cc(Br)cc(Cl)c1OCc1ccccc1C1CCNCC1. The monoisotopic (exact) mass is 397 g/mol. The summed E-state index contributed by atoms with van der Waals surface area (Å²) in [6.07, 6.45) is 2.23. The summed E-state index contributed by atoms with van der Waals surface area (Å²) in [5.41, 5.74) is 2.39. The summed E-state index contributed by atoms with van der Waals surface area (Å²) in [5.74, 6) is 0.181. The quantitative estimate of drug-likeness (QED) is 0.756. The molecule has 122 valence electrons. The van der Waals surface area contributed by atoms with E-state index < -0.39 is 5.82 Å². The molecule has 0 atom stereocenters. The molecule has 5 heteroatoms. The van der Waals surface area contributed by atoms with Crippen LogP contribution in [0.5, 0.6) is 5.75 Å². The molecule has 0 aromatic heterocycles. The highest BCUT2D eigenvalue weighted by Gasteiger charge is 2.18. The summed E-state index contributed by atoms with van der Waals surface area (Å²) in [6.45, 7) is 2.39. The van der Waals surface area contributed by atoms with E-state index in [-0.39, 0.29) is 10.8 Å².